The third kappa shape index (κ3) is 4.82. The first kappa shape index (κ1) is 16.1. The van der Waals surface area contributed by atoms with Gasteiger partial charge in [-0.15, -0.1) is 12.4 Å². The van der Waals surface area contributed by atoms with E-state index in [1.54, 1.807) is 18.2 Å². The van der Waals surface area contributed by atoms with Gasteiger partial charge in [-0.1, -0.05) is 18.2 Å². The summed E-state index contributed by atoms with van der Waals surface area (Å²) in [5.74, 6) is 0. The van der Waals surface area contributed by atoms with Gasteiger partial charge in [-0.3, -0.25) is 0 Å². The van der Waals surface area contributed by atoms with Gasteiger partial charge in [-0.05, 0) is 17.7 Å². The summed E-state index contributed by atoms with van der Waals surface area (Å²) >= 11 is 0. The van der Waals surface area contributed by atoms with Crippen LogP contribution in [0.5, 0.6) is 0 Å². The molecule has 0 amide bonds. The molecule has 0 aliphatic rings. The summed E-state index contributed by atoms with van der Waals surface area (Å²) in [6, 6.07) is 7.87. The summed E-state index contributed by atoms with van der Waals surface area (Å²) < 4.78 is 37.8. The molecule has 4 nitrogen and oxygen atoms in total. The molecule has 1 aromatic rings. The highest BCUT2D eigenvalue weighted by molar-refractivity contribution is 7.89. The minimum absolute atomic E-state index is 0. The Morgan fingerprint density at radius 1 is 1.35 bits per heavy atom. The number of hydrogen-bond acceptors (Lipinski definition) is 3. The first-order valence-corrected chi connectivity index (χ1v) is 6.11. The van der Waals surface area contributed by atoms with E-state index >= 15 is 0 Å². The molecular weight excluding hydrogens is 267 g/mol. The molecule has 1 rings (SSSR count). The van der Waals surface area contributed by atoms with Crippen LogP contribution in [-0.4, -0.2) is 21.5 Å². The topological polar surface area (TPSA) is 72.2 Å². The minimum Gasteiger partial charge on any atom is -0.327 e. The standard InChI is InChI=1S/C10H13FN2O2S.ClH/c11-6-9(7-12)8-13-16(14,15)10-4-2-1-3-5-10;/h1-6,13H,7-8,12H2;1H/b9-6+;. The van der Waals surface area contributed by atoms with Gasteiger partial charge in [-0.2, -0.15) is 0 Å². The molecule has 0 bridgehead atoms. The van der Waals surface area contributed by atoms with E-state index in [9.17, 15) is 12.8 Å². The van der Waals surface area contributed by atoms with Crippen LogP contribution in [0.25, 0.3) is 0 Å². The molecule has 17 heavy (non-hydrogen) atoms. The van der Waals surface area contributed by atoms with Crippen molar-refractivity contribution >= 4 is 22.4 Å². The van der Waals surface area contributed by atoms with Crippen molar-refractivity contribution in [2.75, 3.05) is 13.1 Å². The van der Waals surface area contributed by atoms with Crippen LogP contribution in [0.3, 0.4) is 0 Å². The van der Waals surface area contributed by atoms with Crippen LogP contribution in [0.4, 0.5) is 4.39 Å². The molecule has 0 saturated heterocycles. The van der Waals surface area contributed by atoms with Gasteiger partial charge in [0, 0.05) is 13.1 Å². The maximum absolute atomic E-state index is 12.2. The lowest BCUT2D eigenvalue weighted by Gasteiger charge is -2.07. The van der Waals surface area contributed by atoms with Crippen molar-refractivity contribution in [3.63, 3.8) is 0 Å². The van der Waals surface area contributed by atoms with E-state index in [-0.39, 0.29) is 36.0 Å². The average Bonchev–Trinajstić information content (AvgIpc) is 2.31. The van der Waals surface area contributed by atoms with Crippen molar-refractivity contribution in [1.82, 2.24) is 4.72 Å². The molecule has 0 spiro atoms. The average molecular weight is 281 g/mol. The Hall–Kier alpha value is -0.950. The molecule has 0 unspecified atom stereocenters. The number of benzene rings is 1. The van der Waals surface area contributed by atoms with Gasteiger partial charge in [0.15, 0.2) is 0 Å². The van der Waals surface area contributed by atoms with Gasteiger partial charge < -0.3 is 5.73 Å². The van der Waals surface area contributed by atoms with Gasteiger partial charge in [0.25, 0.3) is 0 Å². The van der Waals surface area contributed by atoms with Crippen molar-refractivity contribution in [2.24, 2.45) is 5.73 Å². The molecular formula is C10H14ClFN2O2S. The summed E-state index contributed by atoms with van der Waals surface area (Å²) in [6.45, 7) is -0.141. The Bertz CT molecular complexity index is 462. The maximum Gasteiger partial charge on any atom is 0.240 e. The molecule has 3 N–H and O–H groups in total. The quantitative estimate of drug-likeness (QED) is 0.851. The number of rotatable bonds is 5. The Morgan fingerprint density at radius 2 is 1.94 bits per heavy atom. The van der Waals surface area contributed by atoms with E-state index in [1.165, 1.54) is 12.1 Å². The normalized spacial score (nSPS) is 12.0. The second-order valence-corrected chi connectivity index (χ2v) is 4.88. The van der Waals surface area contributed by atoms with Crippen LogP contribution in [0.2, 0.25) is 0 Å². The summed E-state index contributed by atoms with van der Waals surface area (Å²) in [7, 11) is -3.59. The van der Waals surface area contributed by atoms with Gasteiger partial charge in [-0.25, -0.2) is 17.5 Å². The first-order chi connectivity index (χ1) is 7.60. The largest absolute Gasteiger partial charge is 0.327 e. The smallest absolute Gasteiger partial charge is 0.240 e. The van der Waals surface area contributed by atoms with Crippen molar-refractivity contribution in [3.05, 3.63) is 42.2 Å². The summed E-state index contributed by atoms with van der Waals surface area (Å²) in [5.41, 5.74) is 5.40. The Morgan fingerprint density at radius 3 is 2.41 bits per heavy atom. The second kappa shape index (κ2) is 7.39. The summed E-state index contributed by atoms with van der Waals surface area (Å²) in [6.07, 6.45) is 0.313. The third-order valence-corrected chi connectivity index (χ3v) is 3.38. The van der Waals surface area contributed by atoms with Crippen LogP contribution < -0.4 is 10.5 Å². The first-order valence-electron chi connectivity index (χ1n) is 4.63. The van der Waals surface area contributed by atoms with E-state index in [1.807, 2.05) is 0 Å². The van der Waals surface area contributed by atoms with E-state index in [0.717, 1.165) is 0 Å². The molecule has 0 saturated carbocycles. The number of nitrogens with one attached hydrogen (secondary N) is 1. The number of halogens is 2. The maximum atomic E-state index is 12.2. The molecule has 0 atom stereocenters. The van der Waals surface area contributed by atoms with Crippen LogP contribution in [-0.2, 0) is 10.0 Å². The molecule has 0 aliphatic heterocycles. The van der Waals surface area contributed by atoms with Gasteiger partial charge in [0.1, 0.15) is 0 Å². The van der Waals surface area contributed by atoms with E-state index in [2.05, 4.69) is 4.72 Å². The predicted molar refractivity (Wildman–Crippen MR) is 67.1 cm³/mol. The van der Waals surface area contributed by atoms with Crippen molar-refractivity contribution in [1.29, 1.82) is 0 Å². The highest BCUT2D eigenvalue weighted by Gasteiger charge is 2.12. The Labute approximate surface area is 106 Å². The monoisotopic (exact) mass is 280 g/mol. The van der Waals surface area contributed by atoms with Crippen molar-refractivity contribution < 1.29 is 12.8 Å². The zero-order chi connectivity index (χ0) is 12.0. The molecule has 0 heterocycles. The minimum atomic E-state index is -3.59. The van der Waals surface area contributed by atoms with Crippen LogP contribution >= 0.6 is 12.4 Å². The van der Waals surface area contributed by atoms with Gasteiger partial charge in [0.2, 0.25) is 10.0 Å². The van der Waals surface area contributed by atoms with Crippen LogP contribution in [0, 0.1) is 0 Å². The predicted octanol–water partition coefficient (Wildman–Crippen LogP) is 1.20. The number of hydrogen-bond donors (Lipinski definition) is 2. The highest BCUT2D eigenvalue weighted by Crippen LogP contribution is 2.07. The molecule has 7 heteroatoms. The van der Waals surface area contributed by atoms with Crippen molar-refractivity contribution in [2.45, 2.75) is 4.90 Å². The lowest BCUT2D eigenvalue weighted by Crippen LogP contribution is -2.27. The molecule has 1 aromatic carbocycles. The zero-order valence-corrected chi connectivity index (χ0v) is 10.6. The fourth-order valence-corrected chi connectivity index (χ4v) is 2.08. The second-order valence-electron chi connectivity index (χ2n) is 3.11. The van der Waals surface area contributed by atoms with Crippen molar-refractivity contribution in [3.8, 4) is 0 Å². The molecule has 0 fully saturated rings. The molecule has 0 aromatic heterocycles. The fourth-order valence-electron chi connectivity index (χ4n) is 1.03. The zero-order valence-electron chi connectivity index (χ0n) is 8.97. The number of sulfonamides is 1. The highest BCUT2D eigenvalue weighted by atomic mass is 35.5. The van der Waals surface area contributed by atoms with E-state index in [0.29, 0.717) is 6.33 Å². The molecule has 0 aliphatic carbocycles. The SMILES string of the molecule is Cl.NC/C(=C\F)CNS(=O)(=O)c1ccccc1. The Kier molecular flexibility index (Phi) is 6.98. The number of nitrogens with two attached hydrogens (primary N) is 1. The third-order valence-electron chi connectivity index (χ3n) is 1.96. The van der Waals surface area contributed by atoms with Crippen LogP contribution in [0.1, 0.15) is 0 Å². The Balaban J connectivity index is 0.00000256. The molecule has 0 radical (unpaired) electrons. The van der Waals surface area contributed by atoms with Crippen LogP contribution in [0.15, 0.2) is 47.1 Å². The fraction of sp³-hybridized carbons (Fsp3) is 0.200. The lowest BCUT2D eigenvalue weighted by molar-refractivity contribution is 0.583. The van der Waals surface area contributed by atoms with E-state index in [4.69, 9.17) is 5.73 Å². The summed E-state index contributed by atoms with van der Waals surface area (Å²) in [4.78, 5) is 0.144. The van der Waals surface area contributed by atoms with Gasteiger partial charge >= 0.3 is 0 Å². The summed E-state index contributed by atoms with van der Waals surface area (Å²) in [5, 5.41) is 0. The van der Waals surface area contributed by atoms with E-state index < -0.39 is 10.0 Å². The van der Waals surface area contributed by atoms with Gasteiger partial charge in [0.05, 0.1) is 11.2 Å². The molecule has 96 valence electrons. The lowest BCUT2D eigenvalue weighted by atomic mass is 10.3.